The highest BCUT2D eigenvalue weighted by Crippen LogP contribution is 2.47. The van der Waals surface area contributed by atoms with E-state index in [9.17, 15) is 14.7 Å². The number of hydrogen-bond acceptors (Lipinski definition) is 5. The average Bonchev–Trinajstić information content (AvgIpc) is 2.78. The average molecular weight is 469 g/mol. The normalized spacial score (nSPS) is 20.6. The molecule has 1 fully saturated rings. The van der Waals surface area contributed by atoms with Crippen LogP contribution in [0.4, 0.5) is 4.79 Å². The van der Waals surface area contributed by atoms with Crippen molar-refractivity contribution in [2.75, 3.05) is 13.1 Å². The summed E-state index contributed by atoms with van der Waals surface area (Å²) in [6.45, 7) is 12.1. The minimum atomic E-state index is -1.13. The fourth-order valence-electron chi connectivity index (χ4n) is 4.65. The lowest BCUT2D eigenvalue weighted by atomic mass is 9.65. The fraction of sp³-hybridized carbons (Fsp3) is 0.519. The monoisotopic (exact) mass is 468 g/mol. The molecule has 2 heterocycles. The number of rotatable bonds is 6. The summed E-state index contributed by atoms with van der Waals surface area (Å²) in [4.78, 5) is 31.6. The molecule has 3 rings (SSSR count). The Labute approximate surface area is 202 Å². The molecule has 1 amide bonds. The maximum Gasteiger partial charge on any atom is 0.410 e. The van der Waals surface area contributed by atoms with Crippen LogP contribution in [0, 0.1) is 19.3 Å². The van der Waals surface area contributed by atoms with Crippen molar-refractivity contribution in [3.05, 3.63) is 58.8 Å². The number of carboxylic acids is 1. The zero-order valence-electron chi connectivity index (χ0n) is 21.1. The number of likely N-dealkylation sites (tertiary alicyclic amines) is 1. The first-order chi connectivity index (χ1) is 16.0. The third kappa shape index (κ3) is 5.51. The van der Waals surface area contributed by atoms with Crippen LogP contribution in [-0.4, -0.2) is 45.7 Å². The van der Waals surface area contributed by atoms with Gasteiger partial charge in [0.2, 0.25) is 5.88 Å². The summed E-state index contributed by atoms with van der Waals surface area (Å²) in [5.41, 5.74) is 1.94. The van der Waals surface area contributed by atoms with Crippen LogP contribution in [0.25, 0.3) is 0 Å². The van der Waals surface area contributed by atoms with Crippen LogP contribution in [-0.2, 0) is 16.1 Å². The first-order valence-corrected chi connectivity index (χ1v) is 11.8. The van der Waals surface area contributed by atoms with E-state index < -0.39 is 23.1 Å². The van der Waals surface area contributed by atoms with Gasteiger partial charge in [-0.25, -0.2) is 9.78 Å². The molecule has 0 saturated carbocycles. The number of ether oxygens (including phenoxy) is 2. The number of aliphatic carboxylic acids is 1. The molecule has 0 bridgehead atoms. The Balaban J connectivity index is 1.93. The lowest BCUT2D eigenvalue weighted by Gasteiger charge is -2.46. The molecule has 0 radical (unpaired) electrons. The summed E-state index contributed by atoms with van der Waals surface area (Å²) in [5.74, 6) is -0.713. The molecule has 7 nitrogen and oxygen atoms in total. The first kappa shape index (κ1) is 25.5. The lowest BCUT2D eigenvalue weighted by Crippen LogP contribution is -2.54. The zero-order chi connectivity index (χ0) is 25.1. The van der Waals surface area contributed by atoms with Gasteiger partial charge in [-0.15, -0.1) is 0 Å². The second-order valence-corrected chi connectivity index (χ2v) is 10.1. The number of amides is 1. The van der Waals surface area contributed by atoms with Gasteiger partial charge >= 0.3 is 12.1 Å². The van der Waals surface area contributed by atoms with Gasteiger partial charge in [-0.05, 0) is 64.2 Å². The van der Waals surface area contributed by atoms with E-state index >= 15 is 0 Å². The number of pyridine rings is 1. The van der Waals surface area contributed by atoms with Crippen molar-refractivity contribution >= 4 is 12.1 Å². The predicted molar refractivity (Wildman–Crippen MR) is 130 cm³/mol. The van der Waals surface area contributed by atoms with Gasteiger partial charge in [-0.1, -0.05) is 37.3 Å². The maximum atomic E-state index is 12.8. The highest BCUT2D eigenvalue weighted by atomic mass is 16.6. The summed E-state index contributed by atoms with van der Waals surface area (Å²) < 4.78 is 11.5. The second-order valence-electron chi connectivity index (χ2n) is 10.1. The predicted octanol–water partition coefficient (Wildman–Crippen LogP) is 5.48. The second kappa shape index (κ2) is 10.0. The molecule has 2 unspecified atom stereocenters. The number of carboxylic acid groups (broad SMARTS) is 1. The third-order valence-corrected chi connectivity index (χ3v) is 6.67. The number of carbonyl (C=O) groups excluding carboxylic acids is 1. The molecule has 2 aromatic rings. The summed E-state index contributed by atoms with van der Waals surface area (Å²) in [7, 11) is 0. The molecule has 2 atom stereocenters. The number of nitrogens with zero attached hydrogens (tertiary/aromatic N) is 2. The van der Waals surface area contributed by atoms with Crippen molar-refractivity contribution in [2.45, 2.75) is 72.5 Å². The Morgan fingerprint density at radius 1 is 1.21 bits per heavy atom. The summed E-state index contributed by atoms with van der Waals surface area (Å²) >= 11 is 0. The van der Waals surface area contributed by atoms with Crippen LogP contribution in [0.2, 0.25) is 0 Å². The molecule has 34 heavy (non-hydrogen) atoms. The number of piperidine rings is 1. The van der Waals surface area contributed by atoms with Gasteiger partial charge in [0, 0.05) is 30.8 Å². The van der Waals surface area contributed by atoms with E-state index in [0.717, 1.165) is 22.4 Å². The van der Waals surface area contributed by atoms with Crippen molar-refractivity contribution in [1.82, 2.24) is 9.88 Å². The SMILES string of the molecule is CCC1(C(=O)O)CN(C(=O)OC(C)(C)C)CCC1c1cc(OCc2ccccc2)nc(C)c1C. The standard InChI is InChI=1S/C27H36N2O5/c1-7-27(24(30)31)17-29(25(32)34-26(4,5)6)14-13-22(27)21-15-23(28-19(3)18(21)2)33-16-20-11-9-8-10-12-20/h8-12,15,22H,7,13-14,16-17H2,1-6H3,(H,30,31). The van der Waals surface area contributed by atoms with Crippen LogP contribution >= 0.6 is 0 Å². The van der Waals surface area contributed by atoms with Crippen LogP contribution in [0.15, 0.2) is 36.4 Å². The number of benzene rings is 1. The zero-order valence-corrected chi connectivity index (χ0v) is 21.1. The Kier molecular flexibility index (Phi) is 7.54. The topological polar surface area (TPSA) is 89.0 Å². The summed E-state index contributed by atoms with van der Waals surface area (Å²) in [6.07, 6.45) is 0.425. The van der Waals surface area contributed by atoms with Gasteiger partial charge in [-0.2, -0.15) is 0 Å². The van der Waals surface area contributed by atoms with E-state index in [1.54, 1.807) is 0 Å². The largest absolute Gasteiger partial charge is 0.481 e. The van der Waals surface area contributed by atoms with E-state index in [0.29, 0.717) is 31.9 Å². The lowest BCUT2D eigenvalue weighted by molar-refractivity contribution is -0.154. The molecule has 1 aliphatic heterocycles. The van der Waals surface area contributed by atoms with E-state index in [4.69, 9.17) is 9.47 Å². The van der Waals surface area contributed by atoms with Crippen LogP contribution in [0.5, 0.6) is 5.88 Å². The summed E-state index contributed by atoms with van der Waals surface area (Å²) in [6, 6.07) is 11.7. The molecule has 7 heteroatoms. The van der Waals surface area contributed by atoms with E-state index in [1.807, 2.05) is 77.9 Å². The van der Waals surface area contributed by atoms with Crippen molar-refractivity contribution in [3.8, 4) is 5.88 Å². The molecule has 1 aromatic heterocycles. The minimum absolute atomic E-state index is 0.0967. The van der Waals surface area contributed by atoms with E-state index in [1.165, 1.54) is 4.90 Å². The van der Waals surface area contributed by atoms with Crippen LogP contribution < -0.4 is 4.74 Å². The van der Waals surface area contributed by atoms with Crippen molar-refractivity contribution in [3.63, 3.8) is 0 Å². The van der Waals surface area contributed by atoms with Crippen molar-refractivity contribution in [2.24, 2.45) is 5.41 Å². The van der Waals surface area contributed by atoms with Gasteiger partial charge in [0.25, 0.3) is 0 Å². The van der Waals surface area contributed by atoms with Gasteiger partial charge in [0.05, 0.1) is 5.41 Å². The highest BCUT2D eigenvalue weighted by molar-refractivity contribution is 5.79. The Bertz CT molecular complexity index is 1030. The van der Waals surface area contributed by atoms with Crippen LogP contribution in [0.3, 0.4) is 0 Å². The first-order valence-electron chi connectivity index (χ1n) is 11.8. The highest BCUT2D eigenvalue weighted by Gasteiger charge is 2.51. The Hall–Kier alpha value is -3.09. The maximum absolute atomic E-state index is 12.8. The fourth-order valence-corrected chi connectivity index (χ4v) is 4.65. The van der Waals surface area contributed by atoms with Crippen molar-refractivity contribution < 1.29 is 24.2 Å². The molecule has 0 aliphatic carbocycles. The molecule has 1 saturated heterocycles. The molecule has 184 valence electrons. The molecule has 1 aromatic carbocycles. The molecule has 1 N–H and O–H groups in total. The number of hydrogen-bond donors (Lipinski definition) is 1. The molecular weight excluding hydrogens is 432 g/mol. The van der Waals surface area contributed by atoms with E-state index in [-0.39, 0.29) is 12.5 Å². The Morgan fingerprint density at radius 3 is 2.47 bits per heavy atom. The van der Waals surface area contributed by atoms with E-state index in [2.05, 4.69) is 4.98 Å². The number of carbonyl (C=O) groups is 2. The van der Waals surface area contributed by atoms with Crippen molar-refractivity contribution in [1.29, 1.82) is 0 Å². The van der Waals surface area contributed by atoms with Gasteiger partial charge < -0.3 is 19.5 Å². The number of aryl methyl sites for hydroxylation is 1. The summed E-state index contributed by atoms with van der Waals surface area (Å²) in [5, 5.41) is 10.4. The molecular formula is C27H36N2O5. The Morgan fingerprint density at radius 2 is 1.88 bits per heavy atom. The number of aromatic nitrogens is 1. The minimum Gasteiger partial charge on any atom is -0.481 e. The van der Waals surface area contributed by atoms with Crippen LogP contribution in [0.1, 0.15) is 68.8 Å². The van der Waals surface area contributed by atoms with Gasteiger partial charge in [0.1, 0.15) is 12.2 Å². The molecule has 1 aliphatic rings. The molecule has 0 spiro atoms. The van der Waals surface area contributed by atoms with Gasteiger partial charge in [0.15, 0.2) is 0 Å². The smallest absolute Gasteiger partial charge is 0.410 e. The van der Waals surface area contributed by atoms with Gasteiger partial charge in [-0.3, -0.25) is 4.79 Å². The quantitative estimate of drug-likeness (QED) is 0.604. The third-order valence-electron chi connectivity index (χ3n) is 6.67.